The zero-order valence-corrected chi connectivity index (χ0v) is 22.1. The molecule has 2 atom stereocenters. The van der Waals surface area contributed by atoms with Gasteiger partial charge in [0.2, 0.25) is 0 Å². The SMILES string of the molecule is Cc1ncc(F)c(NC2=NCC3=C2CN(C(=O)N2C[C@@H](C)N(CC4CCOCC4)C[C@@H]2C)C3(C)C)n1. The molecule has 5 heterocycles. The number of aromatic nitrogens is 2. The van der Waals surface area contributed by atoms with Crippen LogP contribution in [-0.4, -0.2) is 100 Å². The molecule has 4 aliphatic heterocycles. The van der Waals surface area contributed by atoms with Gasteiger partial charge in [0, 0.05) is 50.5 Å². The number of nitrogens with one attached hydrogen (secondary N) is 1. The average molecular weight is 500 g/mol. The highest BCUT2D eigenvalue weighted by Gasteiger charge is 2.48. The Kier molecular flexibility index (Phi) is 6.76. The summed E-state index contributed by atoms with van der Waals surface area (Å²) in [6.45, 7) is 15.6. The molecular formula is C26H38FN7O2. The Balaban J connectivity index is 1.26. The van der Waals surface area contributed by atoms with Crippen molar-refractivity contribution < 1.29 is 13.9 Å². The van der Waals surface area contributed by atoms with Crippen molar-refractivity contribution >= 4 is 17.7 Å². The number of ether oxygens (including phenoxy) is 1. The van der Waals surface area contributed by atoms with Gasteiger partial charge < -0.3 is 19.9 Å². The minimum Gasteiger partial charge on any atom is -0.381 e. The number of aryl methyl sites for hydroxylation is 1. The van der Waals surface area contributed by atoms with E-state index in [1.54, 1.807) is 6.92 Å². The first-order chi connectivity index (χ1) is 17.1. The summed E-state index contributed by atoms with van der Waals surface area (Å²) in [5.41, 5.74) is 1.59. The zero-order chi connectivity index (χ0) is 25.6. The van der Waals surface area contributed by atoms with E-state index >= 15 is 0 Å². The Morgan fingerprint density at radius 1 is 1.22 bits per heavy atom. The standard InChI is InChI=1S/C26H38FN7O2/c1-16-13-33(17(2)12-32(16)14-19-6-8-36-9-7-19)25(35)34-15-20-21(26(34,4)5)10-29-23(20)31-24-22(27)11-28-18(3)30-24/h11,16-17,19H,6-10,12-15H2,1-5H3,(H,28,29,30,31)/t16-,17+/m1/s1. The van der Waals surface area contributed by atoms with Crippen LogP contribution in [0, 0.1) is 18.7 Å². The average Bonchev–Trinajstić information content (AvgIpc) is 3.36. The Morgan fingerprint density at radius 3 is 2.72 bits per heavy atom. The van der Waals surface area contributed by atoms with E-state index in [0.29, 0.717) is 43.3 Å². The van der Waals surface area contributed by atoms with Crippen LogP contribution in [0.4, 0.5) is 15.0 Å². The molecule has 0 bridgehead atoms. The molecule has 196 valence electrons. The molecule has 0 aromatic carbocycles. The second-order valence-corrected chi connectivity index (χ2v) is 11.1. The highest BCUT2D eigenvalue weighted by Crippen LogP contribution is 2.39. The summed E-state index contributed by atoms with van der Waals surface area (Å²) in [4.78, 5) is 33.1. The molecule has 1 N–H and O–H groups in total. The van der Waals surface area contributed by atoms with Crippen LogP contribution in [-0.2, 0) is 4.74 Å². The third-order valence-corrected chi connectivity index (χ3v) is 8.30. The first kappa shape index (κ1) is 25.1. The number of nitrogens with zero attached hydrogens (tertiary/aromatic N) is 6. The van der Waals surface area contributed by atoms with Gasteiger partial charge in [-0.3, -0.25) is 9.89 Å². The third-order valence-electron chi connectivity index (χ3n) is 8.30. The highest BCUT2D eigenvalue weighted by atomic mass is 19.1. The Bertz CT molecular complexity index is 1080. The summed E-state index contributed by atoms with van der Waals surface area (Å²) in [5, 5.41) is 3.06. The number of amidine groups is 1. The molecule has 0 aliphatic carbocycles. The monoisotopic (exact) mass is 499 g/mol. The van der Waals surface area contributed by atoms with Gasteiger partial charge in [-0.05, 0) is 59.0 Å². The second-order valence-electron chi connectivity index (χ2n) is 11.1. The number of anilines is 1. The zero-order valence-electron chi connectivity index (χ0n) is 22.1. The number of halogens is 1. The number of hydrogen-bond acceptors (Lipinski definition) is 7. The van der Waals surface area contributed by atoms with Gasteiger partial charge in [-0.25, -0.2) is 19.2 Å². The maximum absolute atomic E-state index is 14.3. The fourth-order valence-corrected chi connectivity index (χ4v) is 5.96. The number of carbonyl (C=O) groups is 1. The van der Waals surface area contributed by atoms with Crippen LogP contribution in [0.3, 0.4) is 0 Å². The van der Waals surface area contributed by atoms with Gasteiger partial charge in [0.15, 0.2) is 11.6 Å². The van der Waals surface area contributed by atoms with E-state index < -0.39 is 11.4 Å². The number of rotatable bonds is 3. The predicted molar refractivity (Wildman–Crippen MR) is 137 cm³/mol. The van der Waals surface area contributed by atoms with Gasteiger partial charge in [-0.1, -0.05) is 0 Å². The van der Waals surface area contributed by atoms with Crippen LogP contribution in [0.15, 0.2) is 22.3 Å². The van der Waals surface area contributed by atoms with Crippen molar-refractivity contribution in [3.8, 4) is 0 Å². The lowest BCUT2D eigenvalue weighted by Gasteiger charge is -2.48. The molecule has 0 spiro atoms. The molecule has 1 aromatic heterocycles. The molecule has 0 radical (unpaired) electrons. The predicted octanol–water partition coefficient (Wildman–Crippen LogP) is 3.08. The van der Waals surface area contributed by atoms with Gasteiger partial charge in [0.25, 0.3) is 0 Å². The van der Waals surface area contributed by atoms with Crippen molar-refractivity contribution in [3.05, 3.63) is 29.0 Å². The first-order valence-corrected chi connectivity index (χ1v) is 13.1. The highest BCUT2D eigenvalue weighted by molar-refractivity contribution is 6.11. The topological polar surface area (TPSA) is 86.2 Å². The largest absolute Gasteiger partial charge is 0.381 e. The molecule has 5 rings (SSSR count). The minimum atomic E-state index is -0.524. The number of urea groups is 1. The van der Waals surface area contributed by atoms with Crippen LogP contribution in [0.1, 0.15) is 46.4 Å². The first-order valence-electron chi connectivity index (χ1n) is 13.1. The van der Waals surface area contributed by atoms with Crippen molar-refractivity contribution in [3.63, 3.8) is 0 Å². The van der Waals surface area contributed by atoms with Crippen molar-refractivity contribution in [2.24, 2.45) is 10.9 Å². The van der Waals surface area contributed by atoms with E-state index in [2.05, 4.69) is 52.9 Å². The van der Waals surface area contributed by atoms with Crippen LogP contribution in [0.25, 0.3) is 0 Å². The number of aliphatic imine (C=N–C) groups is 1. The smallest absolute Gasteiger partial charge is 0.321 e. The van der Waals surface area contributed by atoms with E-state index in [4.69, 9.17) is 4.74 Å². The summed E-state index contributed by atoms with van der Waals surface area (Å²) in [6, 6.07) is 0.494. The van der Waals surface area contributed by atoms with E-state index in [-0.39, 0.29) is 17.9 Å². The van der Waals surface area contributed by atoms with E-state index in [1.165, 1.54) is 0 Å². The summed E-state index contributed by atoms with van der Waals surface area (Å²) < 4.78 is 19.8. The maximum atomic E-state index is 14.3. The fourth-order valence-electron chi connectivity index (χ4n) is 5.96. The Morgan fingerprint density at radius 2 is 1.97 bits per heavy atom. The summed E-state index contributed by atoms with van der Waals surface area (Å²) in [7, 11) is 0. The lowest BCUT2D eigenvalue weighted by Crippen LogP contribution is -2.63. The quantitative estimate of drug-likeness (QED) is 0.688. The summed E-state index contributed by atoms with van der Waals surface area (Å²) in [6.07, 6.45) is 3.40. The molecular weight excluding hydrogens is 461 g/mol. The van der Waals surface area contributed by atoms with Gasteiger partial charge in [0.05, 0.1) is 24.8 Å². The van der Waals surface area contributed by atoms with Gasteiger partial charge in [-0.15, -0.1) is 0 Å². The minimum absolute atomic E-state index is 0.0582. The van der Waals surface area contributed by atoms with Crippen molar-refractivity contribution in [2.75, 3.05) is 51.3 Å². The molecule has 0 saturated carbocycles. The van der Waals surface area contributed by atoms with Crippen LogP contribution in [0.2, 0.25) is 0 Å². The lowest BCUT2D eigenvalue weighted by atomic mass is 9.94. The summed E-state index contributed by atoms with van der Waals surface area (Å²) in [5.74, 6) is 1.33. The second kappa shape index (κ2) is 9.70. The third kappa shape index (κ3) is 4.61. The van der Waals surface area contributed by atoms with E-state index in [0.717, 1.165) is 56.5 Å². The van der Waals surface area contributed by atoms with Crippen molar-refractivity contribution in [2.45, 2.75) is 65.1 Å². The molecule has 9 nitrogen and oxygen atoms in total. The van der Waals surface area contributed by atoms with Gasteiger partial charge in [0.1, 0.15) is 11.7 Å². The molecule has 4 aliphatic rings. The Labute approximate surface area is 212 Å². The molecule has 1 aromatic rings. The normalized spacial score (nSPS) is 26.9. The van der Waals surface area contributed by atoms with Crippen LogP contribution < -0.4 is 5.32 Å². The number of amides is 2. The number of carbonyl (C=O) groups excluding carboxylic acids is 1. The fraction of sp³-hybridized carbons (Fsp3) is 0.692. The van der Waals surface area contributed by atoms with Gasteiger partial charge >= 0.3 is 6.03 Å². The van der Waals surface area contributed by atoms with E-state index in [9.17, 15) is 9.18 Å². The van der Waals surface area contributed by atoms with E-state index in [1.807, 2.05) is 9.80 Å². The van der Waals surface area contributed by atoms with Crippen molar-refractivity contribution in [1.82, 2.24) is 24.7 Å². The lowest BCUT2D eigenvalue weighted by molar-refractivity contribution is 0.0119. The van der Waals surface area contributed by atoms with Gasteiger partial charge in [-0.2, -0.15) is 0 Å². The van der Waals surface area contributed by atoms with Crippen LogP contribution in [0.5, 0.6) is 0 Å². The molecule has 2 amide bonds. The van der Waals surface area contributed by atoms with Crippen molar-refractivity contribution in [1.29, 1.82) is 0 Å². The maximum Gasteiger partial charge on any atom is 0.321 e. The molecule has 10 heteroatoms. The molecule has 2 fully saturated rings. The number of hydrogen-bond donors (Lipinski definition) is 1. The molecule has 2 saturated heterocycles. The number of piperazine rings is 1. The molecule has 36 heavy (non-hydrogen) atoms. The van der Waals surface area contributed by atoms with Crippen LogP contribution >= 0.6 is 0 Å². The summed E-state index contributed by atoms with van der Waals surface area (Å²) >= 11 is 0. The Hall–Kier alpha value is -2.59. The molecule has 0 unspecified atom stereocenters.